The first-order chi connectivity index (χ1) is 12.4. The molecule has 2 heterocycles. The summed E-state index contributed by atoms with van der Waals surface area (Å²) in [6, 6.07) is 10.8. The van der Waals surface area contributed by atoms with Crippen molar-refractivity contribution in [1.82, 2.24) is 0 Å². The second-order valence-electron chi connectivity index (χ2n) is 6.66. The van der Waals surface area contributed by atoms with Gasteiger partial charge in [0, 0.05) is 27.9 Å². The minimum Gasteiger partial charge on any atom is -0.310 e. The van der Waals surface area contributed by atoms with Crippen LogP contribution < -0.4 is 9.62 Å². The molecule has 0 bridgehead atoms. The van der Waals surface area contributed by atoms with Crippen molar-refractivity contribution in [3.8, 4) is 0 Å². The average molecular weight is 389 g/mol. The number of hydrogen-bond donors (Lipinski definition) is 1. The Morgan fingerprint density at radius 2 is 2.08 bits per heavy atom. The Morgan fingerprint density at radius 3 is 2.85 bits per heavy atom. The first-order valence-corrected chi connectivity index (χ1v) is 11.0. The number of rotatable bonds is 4. The van der Waals surface area contributed by atoms with E-state index in [-0.39, 0.29) is 17.2 Å². The van der Waals surface area contributed by atoms with Crippen molar-refractivity contribution in [1.29, 1.82) is 0 Å². The van der Waals surface area contributed by atoms with Gasteiger partial charge in [0.15, 0.2) is 0 Å². The van der Waals surface area contributed by atoms with Crippen molar-refractivity contribution < 1.29 is 13.2 Å². The van der Waals surface area contributed by atoms with Gasteiger partial charge in [-0.3, -0.25) is 9.52 Å². The van der Waals surface area contributed by atoms with Gasteiger partial charge in [-0.25, -0.2) is 8.42 Å². The van der Waals surface area contributed by atoms with Crippen LogP contribution in [-0.4, -0.2) is 26.1 Å². The fourth-order valence-electron chi connectivity index (χ4n) is 3.55. The first kappa shape index (κ1) is 17.4. The topological polar surface area (TPSA) is 66.5 Å². The summed E-state index contributed by atoms with van der Waals surface area (Å²) >= 11 is 1.69. The molecule has 1 N–H and O–H groups in total. The van der Waals surface area contributed by atoms with Crippen LogP contribution in [0.3, 0.4) is 0 Å². The quantitative estimate of drug-likeness (QED) is 0.871. The molecule has 0 aromatic heterocycles. The van der Waals surface area contributed by atoms with Gasteiger partial charge in [-0.1, -0.05) is 26.0 Å². The number of carbonyl (C=O) groups is 1. The van der Waals surface area contributed by atoms with Crippen LogP contribution >= 0.6 is 11.8 Å². The molecule has 26 heavy (non-hydrogen) atoms. The Balaban J connectivity index is 1.76. The molecule has 4 rings (SSSR count). The Hall–Kier alpha value is -1.99. The van der Waals surface area contributed by atoms with Crippen LogP contribution in [-0.2, 0) is 27.7 Å². The molecule has 0 unspecified atom stereocenters. The fourth-order valence-corrected chi connectivity index (χ4v) is 5.99. The molecular formula is C19H20N2O3S2. The predicted octanol–water partition coefficient (Wildman–Crippen LogP) is 3.43. The highest BCUT2D eigenvalue weighted by atomic mass is 32.2. The number of nitrogens with zero attached hydrogens (tertiary/aromatic N) is 1. The van der Waals surface area contributed by atoms with Crippen LogP contribution in [0.15, 0.2) is 46.2 Å². The summed E-state index contributed by atoms with van der Waals surface area (Å²) in [7, 11) is -3.76. The van der Waals surface area contributed by atoms with Crippen LogP contribution in [0.1, 0.15) is 25.0 Å². The molecule has 0 aliphatic carbocycles. The van der Waals surface area contributed by atoms with Crippen molar-refractivity contribution in [3.05, 3.63) is 47.5 Å². The maximum absolute atomic E-state index is 13.0. The second kappa shape index (κ2) is 6.32. The summed E-state index contributed by atoms with van der Waals surface area (Å²) in [6.45, 7) is 4.72. The number of aryl methyl sites for hydroxylation is 1. The summed E-state index contributed by atoms with van der Waals surface area (Å²) in [5.74, 6) is -0.0240. The average Bonchev–Trinajstić information content (AvgIpc) is 2.92. The molecule has 2 aromatic carbocycles. The number of benzene rings is 2. The molecule has 0 saturated carbocycles. The van der Waals surface area contributed by atoms with Crippen molar-refractivity contribution in [2.24, 2.45) is 0 Å². The van der Waals surface area contributed by atoms with Gasteiger partial charge in [0.1, 0.15) is 0 Å². The molecule has 7 heteroatoms. The van der Waals surface area contributed by atoms with E-state index in [9.17, 15) is 13.2 Å². The van der Waals surface area contributed by atoms with Gasteiger partial charge in [-0.2, -0.15) is 0 Å². The molecule has 0 saturated heterocycles. The van der Waals surface area contributed by atoms with Crippen LogP contribution in [0.2, 0.25) is 0 Å². The van der Waals surface area contributed by atoms with E-state index in [1.807, 2.05) is 31.2 Å². The van der Waals surface area contributed by atoms with E-state index in [2.05, 4.69) is 11.6 Å². The van der Waals surface area contributed by atoms with E-state index in [1.165, 1.54) is 0 Å². The number of anilines is 2. The van der Waals surface area contributed by atoms with E-state index >= 15 is 0 Å². The smallest absolute Gasteiger partial charge is 0.262 e. The van der Waals surface area contributed by atoms with E-state index in [0.29, 0.717) is 23.0 Å². The monoisotopic (exact) mass is 388 g/mol. The third kappa shape index (κ3) is 2.89. The van der Waals surface area contributed by atoms with Crippen LogP contribution in [0, 0.1) is 0 Å². The Kier molecular flexibility index (Phi) is 4.23. The zero-order chi connectivity index (χ0) is 18.5. The van der Waals surface area contributed by atoms with Crippen LogP contribution in [0.4, 0.5) is 11.4 Å². The molecular weight excluding hydrogens is 368 g/mol. The summed E-state index contributed by atoms with van der Waals surface area (Å²) < 4.78 is 28.7. The van der Waals surface area contributed by atoms with Gasteiger partial charge in [0.05, 0.1) is 17.0 Å². The van der Waals surface area contributed by atoms with Crippen molar-refractivity contribution in [2.75, 3.05) is 16.2 Å². The minimum absolute atomic E-state index is 0.0240. The lowest BCUT2D eigenvalue weighted by Gasteiger charge is -2.29. The third-order valence-corrected chi connectivity index (χ3v) is 7.35. The standard InChI is InChI=1S/C19H20N2O3S2/c1-3-13-5-4-6-14(9-13)20-26(23,24)17-8-7-16-19-15(17)10-18(22)21(19)11-12(2)25-16/h4-9,12,20H,3,10-11H2,1-2H3/t12-/m1/s1. The maximum atomic E-state index is 13.0. The lowest BCUT2D eigenvalue weighted by molar-refractivity contribution is -0.117. The summed E-state index contributed by atoms with van der Waals surface area (Å²) in [4.78, 5) is 15.3. The van der Waals surface area contributed by atoms with Gasteiger partial charge in [-0.05, 0) is 36.2 Å². The summed E-state index contributed by atoms with van der Waals surface area (Å²) in [5.41, 5.74) is 3.00. The highest BCUT2D eigenvalue weighted by molar-refractivity contribution is 8.00. The molecule has 2 aromatic rings. The SMILES string of the molecule is CCc1cccc(NS(=O)(=O)c2ccc3c4c2CC(=O)N4C[C@@H](C)S3)c1. The summed E-state index contributed by atoms with van der Waals surface area (Å²) in [5, 5.41) is 0.301. The van der Waals surface area contributed by atoms with Gasteiger partial charge in [-0.15, -0.1) is 11.8 Å². The molecule has 0 spiro atoms. The molecule has 1 atom stereocenters. The highest BCUT2D eigenvalue weighted by Gasteiger charge is 2.38. The Bertz CT molecular complexity index is 1000. The lowest BCUT2D eigenvalue weighted by atomic mass is 10.1. The lowest BCUT2D eigenvalue weighted by Crippen LogP contribution is -2.35. The number of hydrogen-bond acceptors (Lipinski definition) is 4. The highest BCUT2D eigenvalue weighted by Crippen LogP contribution is 2.46. The zero-order valence-corrected chi connectivity index (χ0v) is 16.3. The largest absolute Gasteiger partial charge is 0.310 e. The molecule has 0 radical (unpaired) electrons. The number of nitrogens with one attached hydrogen (secondary N) is 1. The Morgan fingerprint density at radius 1 is 1.27 bits per heavy atom. The van der Waals surface area contributed by atoms with Gasteiger partial charge in [0.25, 0.3) is 10.0 Å². The van der Waals surface area contributed by atoms with Crippen molar-refractivity contribution >= 4 is 39.1 Å². The van der Waals surface area contributed by atoms with E-state index < -0.39 is 10.0 Å². The molecule has 2 aliphatic rings. The van der Waals surface area contributed by atoms with Crippen LogP contribution in [0.25, 0.3) is 0 Å². The van der Waals surface area contributed by atoms with Gasteiger partial charge < -0.3 is 4.90 Å². The number of carbonyl (C=O) groups excluding carboxylic acids is 1. The van der Waals surface area contributed by atoms with Crippen molar-refractivity contribution in [3.63, 3.8) is 0 Å². The molecule has 136 valence electrons. The first-order valence-electron chi connectivity index (χ1n) is 8.63. The second-order valence-corrected chi connectivity index (χ2v) is 9.79. The number of amides is 1. The zero-order valence-electron chi connectivity index (χ0n) is 14.7. The van der Waals surface area contributed by atoms with Gasteiger partial charge >= 0.3 is 0 Å². The number of sulfonamides is 1. The normalized spacial score (nSPS) is 18.8. The number of thioether (sulfide) groups is 1. The molecule has 2 aliphatic heterocycles. The van der Waals surface area contributed by atoms with Gasteiger partial charge in [0.2, 0.25) is 5.91 Å². The fraction of sp³-hybridized carbons (Fsp3) is 0.316. The van der Waals surface area contributed by atoms with E-state index in [4.69, 9.17) is 0 Å². The van der Waals surface area contributed by atoms with E-state index in [1.54, 1.807) is 28.8 Å². The molecule has 0 fully saturated rings. The predicted molar refractivity (Wildman–Crippen MR) is 104 cm³/mol. The molecule has 5 nitrogen and oxygen atoms in total. The van der Waals surface area contributed by atoms with Crippen LogP contribution in [0.5, 0.6) is 0 Å². The Labute approximate surface area is 157 Å². The van der Waals surface area contributed by atoms with Crippen molar-refractivity contribution in [2.45, 2.75) is 41.7 Å². The molecule has 1 amide bonds. The summed E-state index contributed by atoms with van der Waals surface area (Å²) in [6.07, 6.45) is 0.972. The van der Waals surface area contributed by atoms with E-state index in [0.717, 1.165) is 22.6 Å². The minimum atomic E-state index is -3.76. The third-order valence-electron chi connectivity index (χ3n) is 4.75. The maximum Gasteiger partial charge on any atom is 0.262 e.